The molecule has 8 nitrogen and oxygen atoms in total. The van der Waals surface area contributed by atoms with Crippen molar-refractivity contribution in [1.29, 1.82) is 0 Å². The molecule has 152 valence electrons. The highest BCUT2D eigenvalue weighted by Crippen LogP contribution is 2.47. The molecule has 5 atom stereocenters. The summed E-state index contributed by atoms with van der Waals surface area (Å²) in [5.41, 5.74) is 0.905. The molecule has 28 heavy (non-hydrogen) atoms. The van der Waals surface area contributed by atoms with Gasteiger partial charge in [0.05, 0.1) is 17.9 Å². The molecule has 0 amide bonds. The lowest BCUT2D eigenvalue weighted by atomic mass is 9.61. The molecule has 2 saturated carbocycles. The van der Waals surface area contributed by atoms with Crippen molar-refractivity contribution in [3.63, 3.8) is 0 Å². The van der Waals surface area contributed by atoms with Gasteiger partial charge in [0.1, 0.15) is 5.82 Å². The third kappa shape index (κ3) is 4.12. The Balaban J connectivity index is 1.55. The molecule has 0 spiro atoms. The van der Waals surface area contributed by atoms with E-state index in [0.717, 1.165) is 31.4 Å². The third-order valence-electron chi connectivity index (χ3n) is 6.09. The molecule has 0 aromatic carbocycles. The number of aromatic amines is 1. The smallest absolute Gasteiger partial charge is 0.225 e. The van der Waals surface area contributed by atoms with Crippen LogP contribution in [0.2, 0.25) is 0 Å². The summed E-state index contributed by atoms with van der Waals surface area (Å²) in [6.07, 6.45) is 3.92. The van der Waals surface area contributed by atoms with E-state index in [1.165, 1.54) is 0 Å². The summed E-state index contributed by atoms with van der Waals surface area (Å²) in [7, 11) is 0. The molecular weight excluding hydrogens is 356 g/mol. The number of aryl methyl sites for hydroxylation is 1. The van der Waals surface area contributed by atoms with E-state index in [1.54, 1.807) is 6.07 Å². The van der Waals surface area contributed by atoms with Crippen LogP contribution < -0.4 is 10.6 Å². The summed E-state index contributed by atoms with van der Waals surface area (Å²) in [6.45, 7) is 5.99. The van der Waals surface area contributed by atoms with Crippen LogP contribution in [0, 0.1) is 24.7 Å². The quantitative estimate of drug-likeness (QED) is 0.536. The highest BCUT2D eigenvalue weighted by Gasteiger charge is 2.45. The first-order valence-electron chi connectivity index (χ1n) is 10.1. The highest BCUT2D eigenvalue weighted by atomic mass is 16.3. The number of aliphatic hydroxyl groups excluding tert-OH is 1. The van der Waals surface area contributed by atoms with Crippen molar-refractivity contribution < 1.29 is 10.2 Å². The number of rotatable bonds is 5. The number of H-pyrrole nitrogens is 1. The van der Waals surface area contributed by atoms with Gasteiger partial charge in [0.25, 0.3) is 0 Å². The van der Waals surface area contributed by atoms with E-state index in [2.05, 4.69) is 37.7 Å². The van der Waals surface area contributed by atoms with Crippen LogP contribution in [0.4, 0.5) is 17.6 Å². The van der Waals surface area contributed by atoms with Crippen LogP contribution in [-0.2, 0) is 6.61 Å². The molecule has 2 heterocycles. The number of fused-ring (bicyclic) bond motifs is 2. The van der Waals surface area contributed by atoms with Crippen molar-refractivity contribution in [1.82, 2.24) is 20.2 Å². The largest absolute Gasteiger partial charge is 0.390 e. The average molecular weight is 387 g/mol. The van der Waals surface area contributed by atoms with Crippen LogP contribution in [-0.4, -0.2) is 42.0 Å². The zero-order chi connectivity index (χ0) is 19.9. The SMILES string of the molecule is Cc1cc(Nc2cc(CO)nc(NC3C(C)CC4CC3CC(C)(O)C4)n2)n[nH]1. The molecule has 2 aromatic heterocycles. The number of hydrogen-bond acceptors (Lipinski definition) is 7. The Labute approximate surface area is 165 Å². The van der Waals surface area contributed by atoms with Crippen LogP contribution >= 0.6 is 0 Å². The number of anilines is 3. The van der Waals surface area contributed by atoms with Gasteiger partial charge in [-0.2, -0.15) is 10.1 Å². The van der Waals surface area contributed by atoms with Gasteiger partial charge < -0.3 is 20.8 Å². The van der Waals surface area contributed by atoms with Crippen LogP contribution in [0.15, 0.2) is 12.1 Å². The monoisotopic (exact) mass is 386 g/mol. The molecule has 2 fully saturated rings. The molecule has 2 aromatic rings. The minimum atomic E-state index is -0.591. The maximum atomic E-state index is 10.6. The maximum absolute atomic E-state index is 10.6. The number of nitrogens with one attached hydrogen (secondary N) is 3. The molecule has 4 rings (SSSR count). The molecule has 0 radical (unpaired) electrons. The van der Waals surface area contributed by atoms with Crippen molar-refractivity contribution in [2.24, 2.45) is 17.8 Å². The van der Waals surface area contributed by atoms with E-state index in [-0.39, 0.29) is 12.6 Å². The number of aromatic nitrogens is 4. The molecule has 5 unspecified atom stereocenters. The molecule has 5 N–H and O–H groups in total. The summed E-state index contributed by atoms with van der Waals surface area (Å²) >= 11 is 0. The fraction of sp³-hybridized carbons (Fsp3) is 0.650. The van der Waals surface area contributed by atoms with Gasteiger partial charge in [0.2, 0.25) is 5.95 Å². The van der Waals surface area contributed by atoms with E-state index in [1.807, 2.05) is 19.9 Å². The maximum Gasteiger partial charge on any atom is 0.225 e. The van der Waals surface area contributed by atoms with Gasteiger partial charge >= 0.3 is 0 Å². The van der Waals surface area contributed by atoms with Crippen LogP contribution in [0.5, 0.6) is 0 Å². The Bertz CT molecular complexity index is 834. The Morgan fingerprint density at radius 3 is 2.75 bits per heavy atom. The topological polar surface area (TPSA) is 119 Å². The lowest BCUT2D eigenvalue weighted by molar-refractivity contribution is -0.0502. The lowest BCUT2D eigenvalue weighted by Crippen LogP contribution is -2.50. The second-order valence-electron chi connectivity index (χ2n) is 8.94. The highest BCUT2D eigenvalue weighted by molar-refractivity contribution is 5.54. The van der Waals surface area contributed by atoms with Crippen molar-refractivity contribution in [2.45, 2.75) is 64.7 Å². The summed E-state index contributed by atoms with van der Waals surface area (Å²) in [4.78, 5) is 9.06. The van der Waals surface area contributed by atoms with Crippen molar-refractivity contribution in [3.8, 4) is 0 Å². The van der Waals surface area contributed by atoms with Crippen molar-refractivity contribution in [3.05, 3.63) is 23.5 Å². The molecule has 2 aliphatic rings. The third-order valence-corrected chi connectivity index (χ3v) is 6.09. The number of aliphatic hydroxyl groups is 2. The Morgan fingerprint density at radius 2 is 2.04 bits per heavy atom. The van der Waals surface area contributed by atoms with Gasteiger partial charge in [-0.1, -0.05) is 6.92 Å². The van der Waals surface area contributed by atoms with E-state index in [0.29, 0.717) is 41.0 Å². The summed E-state index contributed by atoms with van der Waals surface area (Å²) in [6, 6.07) is 3.82. The molecule has 0 saturated heterocycles. The predicted molar refractivity (Wildman–Crippen MR) is 107 cm³/mol. The first-order chi connectivity index (χ1) is 13.3. The van der Waals surface area contributed by atoms with Crippen LogP contribution in [0.1, 0.15) is 50.9 Å². The Morgan fingerprint density at radius 1 is 1.21 bits per heavy atom. The number of hydrogen-bond donors (Lipinski definition) is 5. The lowest BCUT2D eigenvalue weighted by Gasteiger charge is -2.49. The molecule has 8 heteroatoms. The van der Waals surface area contributed by atoms with E-state index in [9.17, 15) is 10.2 Å². The standard InChI is InChI=1S/C20H30N6O2/c1-11-4-13-6-14(9-20(3,28)8-13)18(11)24-19-21-15(10-27)7-16(23-19)22-17-5-12(2)25-26-17/h5,7,11,13-14,18,27-28H,4,6,8-10H2,1-3H3,(H3,21,22,23,24,25,26). The summed E-state index contributed by atoms with van der Waals surface area (Å²) in [5, 5.41) is 34.0. The fourth-order valence-electron chi connectivity index (χ4n) is 5.18. The minimum absolute atomic E-state index is 0.161. The predicted octanol–water partition coefficient (Wildman–Crippen LogP) is 2.73. The average Bonchev–Trinajstić information content (AvgIpc) is 3.01. The molecule has 2 aliphatic carbocycles. The van der Waals surface area contributed by atoms with Gasteiger partial charge in [-0.05, 0) is 57.3 Å². The second kappa shape index (κ2) is 7.33. The van der Waals surface area contributed by atoms with Gasteiger partial charge in [0, 0.05) is 23.9 Å². The van der Waals surface area contributed by atoms with E-state index in [4.69, 9.17) is 0 Å². The normalized spacial score (nSPS) is 32.2. The van der Waals surface area contributed by atoms with Gasteiger partial charge in [-0.25, -0.2) is 4.98 Å². The first-order valence-corrected chi connectivity index (χ1v) is 10.1. The minimum Gasteiger partial charge on any atom is -0.390 e. The van der Waals surface area contributed by atoms with Crippen LogP contribution in [0.3, 0.4) is 0 Å². The van der Waals surface area contributed by atoms with E-state index < -0.39 is 5.60 Å². The first kappa shape index (κ1) is 19.1. The number of nitrogens with zero attached hydrogens (tertiary/aromatic N) is 3. The Hall–Kier alpha value is -2.19. The molecule has 2 bridgehead atoms. The zero-order valence-electron chi connectivity index (χ0n) is 16.7. The summed E-state index contributed by atoms with van der Waals surface area (Å²) < 4.78 is 0. The molecule has 0 aliphatic heterocycles. The van der Waals surface area contributed by atoms with Crippen molar-refractivity contribution in [2.75, 3.05) is 10.6 Å². The van der Waals surface area contributed by atoms with Gasteiger partial charge in [0.15, 0.2) is 5.82 Å². The molecular formula is C20H30N6O2. The fourth-order valence-corrected chi connectivity index (χ4v) is 5.18. The van der Waals surface area contributed by atoms with E-state index >= 15 is 0 Å². The van der Waals surface area contributed by atoms with Gasteiger partial charge in [-0.3, -0.25) is 5.10 Å². The Kier molecular flexibility index (Phi) is 5.01. The zero-order valence-corrected chi connectivity index (χ0v) is 16.7. The van der Waals surface area contributed by atoms with Crippen molar-refractivity contribution >= 4 is 17.6 Å². The van der Waals surface area contributed by atoms with Gasteiger partial charge in [-0.15, -0.1) is 0 Å². The summed E-state index contributed by atoms with van der Waals surface area (Å²) in [5.74, 6) is 3.22. The second-order valence-corrected chi connectivity index (χ2v) is 8.94. The van der Waals surface area contributed by atoms with Crippen LogP contribution in [0.25, 0.3) is 0 Å².